The van der Waals surface area contributed by atoms with Crippen molar-refractivity contribution in [2.75, 3.05) is 26.3 Å². The van der Waals surface area contributed by atoms with Crippen LogP contribution in [0.15, 0.2) is 24.3 Å². The summed E-state index contributed by atoms with van der Waals surface area (Å²) in [5.74, 6) is 0.101. The summed E-state index contributed by atoms with van der Waals surface area (Å²) in [6.45, 7) is 5.03. The molecule has 114 valence electrons. The summed E-state index contributed by atoms with van der Waals surface area (Å²) >= 11 is 5.93. The molecule has 1 aliphatic heterocycles. The topological polar surface area (TPSA) is 41.6 Å². The third-order valence-corrected chi connectivity index (χ3v) is 4.73. The molecule has 21 heavy (non-hydrogen) atoms. The number of nitrogens with one attached hydrogen (secondary N) is 1. The Labute approximate surface area is 130 Å². The minimum absolute atomic E-state index is 0.101. The van der Waals surface area contributed by atoms with Gasteiger partial charge in [0.15, 0.2) is 0 Å². The van der Waals surface area contributed by atoms with Crippen LogP contribution < -0.4 is 5.32 Å². The SMILES string of the molecule is CC(C(=O)NC1(c2ccc(Cl)cc2)CC1)N1CCOCC1. The molecule has 1 aromatic carbocycles. The Bertz CT molecular complexity index is 508. The van der Waals surface area contributed by atoms with Gasteiger partial charge in [-0.3, -0.25) is 9.69 Å². The Morgan fingerprint density at radius 1 is 1.29 bits per heavy atom. The number of ether oxygens (including phenoxy) is 1. The Morgan fingerprint density at radius 3 is 2.48 bits per heavy atom. The Kier molecular flexibility index (Phi) is 4.20. The van der Waals surface area contributed by atoms with Gasteiger partial charge >= 0.3 is 0 Å². The van der Waals surface area contributed by atoms with E-state index in [1.54, 1.807) is 0 Å². The lowest BCUT2D eigenvalue weighted by atomic mass is 10.0. The van der Waals surface area contributed by atoms with Crippen molar-refractivity contribution >= 4 is 17.5 Å². The standard InChI is InChI=1S/C16H21ClN2O2/c1-12(19-8-10-21-11-9-19)15(20)18-16(6-7-16)13-2-4-14(17)5-3-13/h2-5,12H,6-11H2,1H3,(H,18,20). The number of rotatable bonds is 4. The molecule has 4 nitrogen and oxygen atoms in total. The molecule has 1 atom stereocenters. The number of hydrogen-bond donors (Lipinski definition) is 1. The zero-order chi connectivity index (χ0) is 14.9. The van der Waals surface area contributed by atoms with Gasteiger partial charge in [0.25, 0.3) is 0 Å². The van der Waals surface area contributed by atoms with E-state index < -0.39 is 0 Å². The molecule has 2 fully saturated rings. The molecular formula is C16H21ClN2O2. The average Bonchev–Trinajstić information content (AvgIpc) is 3.28. The van der Waals surface area contributed by atoms with E-state index in [1.807, 2.05) is 31.2 Å². The van der Waals surface area contributed by atoms with Crippen LogP contribution >= 0.6 is 11.6 Å². The van der Waals surface area contributed by atoms with E-state index in [0.29, 0.717) is 13.2 Å². The maximum absolute atomic E-state index is 12.5. The van der Waals surface area contributed by atoms with Crippen molar-refractivity contribution in [2.45, 2.75) is 31.3 Å². The fourth-order valence-corrected chi connectivity index (χ4v) is 2.98. The minimum Gasteiger partial charge on any atom is -0.379 e. The molecule has 0 spiro atoms. The summed E-state index contributed by atoms with van der Waals surface area (Å²) in [6.07, 6.45) is 1.99. The third kappa shape index (κ3) is 3.23. The predicted molar refractivity (Wildman–Crippen MR) is 82.4 cm³/mol. The second-order valence-corrected chi connectivity index (χ2v) is 6.34. The highest BCUT2D eigenvalue weighted by Crippen LogP contribution is 2.45. The second kappa shape index (κ2) is 5.95. The largest absolute Gasteiger partial charge is 0.379 e. The Morgan fingerprint density at radius 2 is 1.90 bits per heavy atom. The van der Waals surface area contributed by atoms with Crippen molar-refractivity contribution in [1.82, 2.24) is 10.2 Å². The zero-order valence-electron chi connectivity index (χ0n) is 12.3. The first-order chi connectivity index (χ1) is 10.1. The lowest BCUT2D eigenvalue weighted by molar-refractivity contribution is -0.128. The fraction of sp³-hybridized carbons (Fsp3) is 0.562. The minimum atomic E-state index is -0.178. The maximum Gasteiger partial charge on any atom is 0.237 e. The van der Waals surface area contributed by atoms with E-state index in [0.717, 1.165) is 36.5 Å². The molecular weight excluding hydrogens is 288 g/mol. The smallest absolute Gasteiger partial charge is 0.237 e. The first-order valence-corrected chi connectivity index (χ1v) is 7.88. The monoisotopic (exact) mass is 308 g/mol. The van der Waals surface area contributed by atoms with Gasteiger partial charge < -0.3 is 10.1 Å². The van der Waals surface area contributed by atoms with E-state index >= 15 is 0 Å². The van der Waals surface area contributed by atoms with Crippen LogP contribution in [0, 0.1) is 0 Å². The molecule has 1 saturated heterocycles. The van der Waals surface area contributed by atoms with Crippen LogP contribution in [0.5, 0.6) is 0 Å². The summed E-state index contributed by atoms with van der Waals surface area (Å²) in [6, 6.07) is 7.67. The van der Waals surface area contributed by atoms with Crippen molar-refractivity contribution in [2.24, 2.45) is 0 Å². The number of amides is 1. The number of halogens is 1. The van der Waals surface area contributed by atoms with Gasteiger partial charge in [0.05, 0.1) is 24.8 Å². The average molecular weight is 309 g/mol. The van der Waals surface area contributed by atoms with Gasteiger partial charge in [0.2, 0.25) is 5.91 Å². The van der Waals surface area contributed by atoms with Gasteiger partial charge in [0.1, 0.15) is 0 Å². The summed E-state index contributed by atoms with van der Waals surface area (Å²) < 4.78 is 5.34. The van der Waals surface area contributed by atoms with Crippen molar-refractivity contribution in [3.63, 3.8) is 0 Å². The van der Waals surface area contributed by atoms with E-state index in [9.17, 15) is 4.79 Å². The number of carbonyl (C=O) groups excluding carboxylic acids is 1. The van der Waals surface area contributed by atoms with Gasteiger partial charge in [-0.25, -0.2) is 0 Å². The highest BCUT2D eigenvalue weighted by molar-refractivity contribution is 6.30. The van der Waals surface area contributed by atoms with Crippen LogP contribution in [0.4, 0.5) is 0 Å². The highest BCUT2D eigenvalue weighted by Gasteiger charge is 2.46. The Hall–Kier alpha value is -1.10. The third-order valence-electron chi connectivity index (χ3n) is 4.48. The van der Waals surface area contributed by atoms with E-state index in [4.69, 9.17) is 16.3 Å². The number of nitrogens with zero attached hydrogens (tertiary/aromatic N) is 1. The molecule has 1 heterocycles. The van der Waals surface area contributed by atoms with Crippen molar-refractivity contribution < 1.29 is 9.53 Å². The van der Waals surface area contributed by atoms with Crippen LogP contribution in [0.3, 0.4) is 0 Å². The van der Waals surface area contributed by atoms with Crippen LogP contribution in [-0.2, 0) is 15.1 Å². The van der Waals surface area contributed by atoms with Crippen LogP contribution in [0.1, 0.15) is 25.3 Å². The fourth-order valence-electron chi connectivity index (χ4n) is 2.85. The van der Waals surface area contributed by atoms with Crippen LogP contribution in [0.2, 0.25) is 5.02 Å². The molecule has 0 radical (unpaired) electrons. The molecule has 5 heteroatoms. The summed E-state index contributed by atoms with van der Waals surface area (Å²) in [4.78, 5) is 14.7. The van der Waals surface area contributed by atoms with Gasteiger partial charge in [-0.05, 0) is 37.5 Å². The quantitative estimate of drug-likeness (QED) is 0.927. The summed E-state index contributed by atoms with van der Waals surface area (Å²) in [5, 5.41) is 3.96. The summed E-state index contributed by atoms with van der Waals surface area (Å²) in [7, 11) is 0. The molecule has 1 saturated carbocycles. The number of benzene rings is 1. The van der Waals surface area contributed by atoms with E-state index in [-0.39, 0.29) is 17.5 Å². The maximum atomic E-state index is 12.5. The van der Waals surface area contributed by atoms with Crippen LogP contribution in [-0.4, -0.2) is 43.2 Å². The van der Waals surface area contributed by atoms with Crippen molar-refractivity contribution in [3.8, 4) is 0 Å². The molecule has 1 amide bonds. The number of carbonyl (C=O) groups is 1. The molecule has 0 aromatic heterocycles. The van der Waals surface area contributed by atoms with Gasteiger partial charge in [-0.2, -0.15) is 0 Å². The highest BCUT2D eigenvalue weighted by atomic mass is 35.5. The molecule has 0 bridgehead atoms. The molecule has 1 aromatic rings. The van der Waals surface area contributed by atoms with Crippen LogP contribution in [0.25, 0.3) is 0 Å². The molecule has 1 aliphatic carbocycles. The number of hydrogen-bond acceptors (Lipinski definition) is 3. The molecule has 2 aliphatic rings. The Balaban J connectivity index is 1.65. The molecule has 3 rings (SSSR count). The lowest BCUT2D eigenvalue weighted by Crippen LogP contribution is -2.51. The first-order valence-electron chi connectivity index (χ1n) is 7.51. The van der Waals surface area contributed by atoms with E-state index in [2.05, 4.69) is 10.2 Å². The number of morpholine rings is 1. The van der Waals surface area contributed by atoms with Crippen molar-refractivity contribution in [1.29, 1.82) is 0 Å². The molecule has 1 unspecified atom stereocenters. The zero-order valence-corrected chi connectivity index (χ0v) is 13.0. The van der Waals surface area contributed by atoms with Crippen molar-refractivity contribution in [3.05, 3.63) is 34.9 Å². The summed E-state index contributed by atoms with van der Waals surface area (Å²) in [5.41, 5.74) is 0.969. The second-order valence-electron chi connectivity index (χ2n) is 5.90. The van der Waals surface area contributed by atoms with Gasteiger partial charge in [-0.1, -0.05) is 23.7 Å². The van der Waals surface area contributed by atoms with Gasteiger partial charge in [0, 0.05) is 18.1 Å². The first kappa shape index (κ1) is 14.8. The molecule has 1 N–H and O–H groups in total. The lowest BCUT2D eigenvalue weighted by Gasteiger charge is -2.32. The normalized spacial score (nSPS) is 22.6. The van der Waals surface area contributed by atoms with E-state index in [1.165, 1.54) is 0 Å². The predicted octanol–water partition coefficient (Wildman–Crippen LogP) is 2.17. The van der Waals surface area contributed by atoms with Gasteiger partial charge in [-0.15, -0.1) is 0 Å².